The molecule has 32 rings (SSSR count). The number of furan rings is 4. The second kappa shape index (κ2) is 31.5. The van der Waals surface area contributed by atoms with E-state index in [-0.39, 0.29) is 10.8 Å². The number of para-hydroxylation sites is 7. The zero-order valence-corrected chi connectivity index (χ0v) is 79.8. The summed E-state index contributed by atoms with van der Waals surface area (Å²) in [5.41, 5.74) is 35.3. The highest BCUT2D eigenvalue weighted by molar-refractivity contribution is 7.26. The van der Waals surface area contributed by atoms with Crippen LogP contribution in [0.25, 0.3) is 286 Å². The predicted octanol–water partition coefficient (Wildman–Crippen LogP) is 35.7. The molecule has 0 atom stereocenters. The van der Waals surface area contributed by atoms with E-state index in [1.807, 2.05) is 90.2 Å². The summed E-state index contributed by atoms with van der Waals surface area (Å²) in [4.78, 5) is 32.0. The lowest BCUT2D eigenvalue weighted by atomic mass is 9.82. The third-order valence-electron chi connectivity index (χ3n) is 30.5. The summed E-state index contributed by atoms with van der Waals surface area (Å²) in [5, 5.41) is 18.9. The smallest absolute Gasteiger partial charge is 0.235 e. The molecule has 0 unspecified atom stereocenters. The highest BCUT2D eigenvalue weighted by Gasteiger charge is 2.41. The van der Waals surface area contributed by atoms with Crippen molar-refractivity contribution in [2.24, 2.45) is 0 Å². The normalized spacial score (nSPS) is 13.1. The highest BCUT2D eigenvalue weighted by Crippen LogP contribution is 2.58. The van der Waals surface area contributed by atoms with E-state index in [9.17, 15) is 0 Å². The Morgan fingerprint density at radius 2 is 0.607 bits per heavy atom. The number of fused-ring (bicyclic) bond motifs is 35. The molecule has 145 heavy (non-hydrogen) atoms. The Bertz CT molecular complexity index is 10400. The molecule has 0 amide bonds. The van der Waals surface area contributed by atoms with Crippen LogP contribution in [0.15, 0.2) is 442 Å². The van der Waals surface area contributed by atoms with Gasteiger partial charge in [-0.15, -0.1) is 11.3 Å². The van der Waals surface area contributed by atoms with Gasteiger partial charge < -0.3 is 22.2 Å². The molecule has 2 aliphatic carbocycles. The van der Waals surface area contributed by atoms with Gasteiger partial charge in [0.15, 0.2) is 11.6 Å². The Kier molecular flexibility index (Phi) is 17.9. The predicted molar refractivity (Wildman–Crippen MR) is 597 cm³/mol. The monoisotopic (exact) mass is 1870 g/mol. The van der Waals surface area contributed by atoms with Crippen molar-refractivity contribution < 1.29 is 17.7 Å². The minimum atomic E-state index is -0.169. The largest absolute Gasteiger partial charge is 0.456 e. The van der Waals surface area contributed by atoms with Gasteiger partial charge in [-0.1, -0.05) is 331 Å². The maximum absolute atomic E-state index is 6.56. The first-order valence-electron chi connectivity index (χ1n) is 49.3. The van der Waals surface area contributed by atoms with E-state index < -0.39 is 0 Å². The molecule has 30 aromatic rings. The second-order valence-electron chi connectivity index (χ2n) is 39.3. The summed E-state index contributed by atoms with van der Waals surface area (Å²) < 4.78 is 32.7. The number of hydrogen-bond donors (Lipinski definition) is 0. The van der Waals surface area contributed by atoms with Crippen LogP contribution in [0.2, 0.25) is 0 Å². The van der Waals surface area contributed by atoms with Crippen LogP contribution in [0.3, 0.4) is 0 Å². The van der Waals surface area contributed by atoms with Crippen LogP contribution >= 0.6 is 11.3 Å². The molecule has 12 nitrogen and oxygen atoms in total. The molecule has 0 saturated carbocycles. The molecule has 0 spiro atoms. The fourth-order valence-corrected chi connectivity index (χ4v) is 25.0. The Balaban J connectivity index is 0.000000102. The first kappa shape index (κ1) is 82.3. The minimum absolute atomic E-state index is 0.102. The van der Waals surface area contributed by atoms with E-state index in [0.717, 1.165) is 215 Å². The van der Waals surface area contributed by atoms with Gasteiger partial charge in [-0.25, -0.2) is 29.9 Å². The maximum Gasteiger partial charge on any atom is 0.235 e. The molecule has 0 saturated heterocycles. The fraction of sp³-hybridized carbons (Fsp3) is 0.0455. The zero-order chi connectivity index (χ0) is 95.8. The molecule has 20 aromatic carbocycles. The van der Waals surface area contributed by atoms with Gasteiger partial charge in [0.05, 0.1) is 71.9 Å². The van der Waals surface area contributed by atoms with Crippen molar-refractivity contribution >= 4 is 196 Å². The summed E-state index contributed by atoms with van der Waals surface area (Å²) in [6.45, 7) is 9.29. The Labute approximate surface area is 833 Å². The number of rotatable bonds is 8. The van der Waals surface area contributed by atoms with Crippen molar-refractivity contribution in [3.63, 3.8) is 0 Å². The Hall–Kier alpha value is -18.6. The number of thiophene rings is 1. The van der Waals surface area contributed by atoms with Crippen LogP contribution in [-0.4, -0.2) is 39.0 Å². The quantitative estimate of drug-likeness (QED) is 0.144. The van der Waals surface area contributed by atoms with Crippen LogP contribution in [-0.2, 0) is 10.8 Å². The van der Waals surface area contributed by atoms with E-state index >= 15 is 0 Å². The Morgan fingerprint density at radius 3 is 1.15 bits per heavy atom. The molecule has 10 aromatic heterocycles. The van der Waals surface area contributed by atoms with Crippen molar-refractivity contribution in [3.8, 4) is 102 Å². The lowest BCUT2D eigenvalue weighted by molar-refractivity contribution is 0.653. The van der Waals surface area contributed by atoms with Crippen molar-refractivity contribution in [1.29, 1.82) is 0 Å². The van der Waals surface area contributed by atoms with E-state index in [0.29, 0.717) is 11.8 Å². The molecule has 680 valence electrons. The molecule has 10 heterocycles. The van der Waals surface area contributed by atoms with Gasteiger partial charge in [-0.2, -0.15) is 0 Å². The van der Waals surface area contributed by atoms with Crippen LogP contribution in [0.5, 0.6) is 0 Å². The maximum atomic E-state index is 6.56. The van der Waals surface area contributed by atoms with Crippen molar-refractivity contribution in [1.82, 2.24) is 39.0 Å². The van der Waals surface area contributed by atoms with Crippen LogP contribution in [0.1, 0.15) is 49.9 Å². The fourth-order valence-electron chi connectivity index (χ4n) is 23.7. The standard InChI is InChI=1S/C50H30N4O.C41H26N2O2.C41H26N2OS/c1-3-13-31(14-4-1)48-39-26-28-46-47(38-19-9-12-22-45(38)55-46)49(39)52-50(51-48)54-42-21-11-7-17-35(42)37-25-23-33(30-44(37)54)32-24-27-43-40(29-32)36-18-8-10-20-41(36)53(43)34-15-5-2-6-16-34;1-41(2)30-19-16-24(22-29(30)35-31(41)20-17-26-25-12-6-8-14-32(25)45-39(26)35)40-42-37(23-10-4-3-5-11-23)28-18-21-34-36(38(28)43-40)27-13-7-9-15-33(27)44-34;1-41(2)30-19-16-24(22-29(30)35-31(41)20-17-26-25-12-7-9-15-34(25)45-39(26)35)40-42-37(23-10-4-3-5-11-23)28-18-21-33-36(38(28)43-40)27-13-6-8-14-32(27)44-33/h1-30H;2*3-22H,1-2H3. The van der Waals surface area contributed by atoms with Crippen LogP contribution in [0, 0.1) is 0 Å². The molecule has 2 aliphatic rings. The molecule has 0 N–H and O–H groups in total. The lowest BCUT2D eigenvalue weighted by Crippen LogP contribution is -2.14. The summed E-state index contributed by atoms with van der Waals surface area (Å²) in [7, 11) is 0. The first-order valence-corrected chi connectivity index (χ1v) is 50.1. The summed E-state index contributed by atoms with van der Waals surface area (Å²) in [5.74, 6) is 2.02. The lowest BCUT2D eigenvalue weighted by Gasteiger charge is -2.21. The van der Waals surface area contributed by atoms with Gasteiger partial charge in [0.2, 0.25) is 5.95 Å². The number of hydrogen-bond acceptors (Lipinski definition) is 11. The summed E-state index contributed by atoms with van der Waals surface area (Å²) >= 11 is 1.90. The van der Waals surface area contributed by atoms with E-state index in [4.69, 9.17) is 47.6 Å². The second-order valence-corrected chi connectivity index (χ2v) is 40.3. The number of benzene rings is 20. The number of nitrogens with zero attached hydrogens (tertiary/aromatic N) is 8. The highest BCUT2D eigenvalue weighted by atomic mass is 32.1. The third-order valence-corrected chi connectivity index (χ3v) is 31.7. The van der Waals surface area contributed by atoms with Gasteiger partial charge in [0.25, 0.3) is 0 Å². The number of aromatic nitrogens is 8. The van der Waals surface area contributed by atoms with Gasteiger partial charge in [-0.3, -0.25) is 4.57 Å². The molecular weight excluding hydrogens is 1790 g/mol. The van der Waals surface area contributed by atoms with Gasteiger partial charge in [0.1, 0.15) is 44.7 Å². The molecule has 0 radical (unpaired) electrons. The SMILES string of the molecule is CC1(C)c2ccc(-c3nc(-c4ccccc4)c4ccc5oc6ccccc6c5c4n3)cc2-c2c1ccc1c2oc2ccccc21.CC1(C)c2ccc(-c3nc(-c4ccccc4)c4ccc5oc6ccccc6c5c4n3)cc2-c2c1ccc1c2sc2ccccc21.c1ccc(-c2nc(-n3c4ccccc4c4ccc(-c5ccc6c(c5)c5ccccc5n6-c5ccccc5)cc43)nc3c2ccc2oc4ccccc4c23)cc1. The zero-order valence-electron chi connectivity index (χ0n) is 79.0. The molecule has 0 aliphatic heterocycles. The van der Waals surface area contributed by atoms with Crippen molar-refractivity contribution in [3.05, 3.63) is 447 Å². The van der Waals surface area contributed by atoms with Gasteiger partial charge >= 0.3 is 0 Å². The average molecular weight is 1880 g/mol. The third kappa shape index (κ3) is 12.5. The van der Waals surface area contributed by atoms with Crippen LogP contribution < -0.4 is 0 Å². The van der Waals surface area contributed by atoms with Crippen molar-refractivity contribution in [2.45, 2.75) is 38.5 Å². The Morgan fingerprint density at radius 1 is 0.228 bits per heavy atom. The molecule has 13 heteroatoms. The molecule has 0 bridgehead atoms. The minimum Gasteiger partial charge on any atom is -0.456 e. The van der Waals surface area contributed by atoms with Gasteiger partial charge in [0, 0.05) is 140 Å². The molecule has 0 fully saturated rings. The summed E-state index contributed by atoms with van der Waals surface area (Å²) in [6.07, 6.45) is 0. The van der Waals surface area contributed by atoms with E-state index in [1.165, 1.54) is 80.9 Å². The average Bonchev–Trinajstić information content (AvgIpc) is 1.56. The summed E-state index contributed by atoms with van der Waals surface area (Å²) in [6, 6.07) is 149. The van der Waals surface area contributed by atoms with E-state index in [2.05, 4.69) is 383 Å². The van der Waals surface area contributed by atoms with Crippen molar-refractivity contribution in [2.75, 3.05) is 0 Å². The molecular formula is C132H82N8O4S. The van der Waals surface area contributed by atoms with Gasteiger partial charge in [-0.05, 0) is 166 Å². The topological polar surface area (TPSA) is 140 Å². The van der Waals surface area contributed by atoms with Crippen LogP contribution in [0.4, 0.5) is 0 Å². The van der Waals surface area contributed by atoms with E-state index in [1.54, 1.807) is 0 Å². The first-order chi connectivity index (χ1) is 71.4.